The first-order valence-corrected chi connectivity index (χ1v) is 8.05. The second-order valence-electron chi connectivity index (χ2n) is 7.54. The zero-order valence-electron chi connectivity index (χ0n) is 14.2. The van der Waals surface area contributed by atoms with E-state index in [1.165, 1.54) is 6.07 Å². The van der Waals surface area contributed by atoms with Crippen molar-refractivity contribution in [3.8, 4) is 0 Å². The second-order valence-corrected chi connectivity index (χ2v) is 7.54. The van der Waals surface area contributed by atoms with Crippen LogP contribution in [-0.4, -0.2) is 34.6 Å². The Kier molecular flexibility index (Phi) is 3.66. The zero-order chi connectivity index (χ0) is 17.7. The summed E-state index contributed by atoms with van der Waals surface area (Å²) < 4.78 is 5.42. The topological polar surface area (TPSA) is 72.7 Å². The van der Waals surface area contributed by atoms with Crippen molar-refractivity contribution >= 4 is 11.8 Å². The molecule has 1 heterocycles. The number of likely N-dealkylation sites (tertiary alicyclic amines) is 1. The molecule has 6 heteroatoms. The van der Waals surface area contributed by atoms with E-state index in [0.29, 0.717) is 13.1 Å². The molecule has 1 unspecified atom stereocenters. The molecule has 0 N–H and O–H groups in total. The van der Waals surface area contributed by atoms with Crippen LogP contribution in [0.2, 0.25) is 0 Å². The van der Waals surface area contributed by atoms with Gasteiger partial charge in [-0.05, 0) is 38.2 Å². The lowest BCUT2D eigenvalue weighted by Crippen LogP contribution is -2.38. The van der Waals surface area contributed by atoms with Crippen LogP contribution in [0.5, 0.6) is 0 Å². The Labute approximate surface area is 141 Å². The molecular weight excluding hydrogens is 308 g/mol. The summed E-state index contributed by atoms with van der Waals surface area (Å²) in [4.78, 5) is 24.6. The zero-order valence-corrected chi connectivity index (χ0v) is 14.2. The number of hydrogen-bond donors (Lipinski definition) is 0. The number of nitro groups is 1. The molecule has 3 atom stereocenters. The van der Waals surface area contributed by atoms with E-state index in [1.807, 2.05) is 32.9 Å². The molecule has 1 aromatic rings. The molecule has 1 aliphatic carbocycles. The maximum absolute atomic E-state index is 12.2. The van der Waals surface area contributed by atoms with Crippen LogP contribution in [0.1, 0.15) is 26.3 Å². The van der Waals surface area contributed by atoms with Gasteiger partial charge >= 0.3 is 6.09 Å². The molecule has 128 valence electrons. The number of nitro benzene ring substituents is 1. The highest BCUT2D eigenvalue weighted by atomic mass is 16.6. The number of hydrogen-bond acceptors (Lipinski definition) is 4. The Morgan fingerprint density at radius 3 is 2.54 bits per heavy atom. The van der Waals surface area contributed by atoms with Gasteiger partial charge in [0, 0.05) is 30.6 Å². The summed E-state index contributed by atoms with van der Waals surface area (Å²) in [5.74, 6) is 0.481. The lowest BCUT2D eigenvalue weighted by molar-refractivity contribution is -0.384. The predicted octanol–water partition coefficient (Wildman–Crippen LogP) is 3.52. The average Bonchev–Trinajstić information content (AvgIpc) is 2.87. The minimum atomic E-state index is -0.514. The van der Waals surface area contributed by atoms with Gasteiger partial charge in [-0.1, -0.05) is 18.2 Å². The molecule has 1 aromatic carbocycles. The molecule has 1 aliphatic heterocycles. The number of carbonyl (C=O) groups excluding carboxylic acids is 1. The number of carbonyl (C=O) groups is 1. The number of nitrogens with zero attached hydrogens (tertiary/aromatic N) is 2. The predicted molar refractivity (Wildman–Crippen MR) is 89.8 cm³/mol. The summed E-state index contributed by atoms with van der Waals surface area (Å²) in [6, 6.07) is 6.73. The number of non-ortho nitro benzene ring substituents is 1. The Hall–Kier alpha value is -2.37. The highest BCUT2D eigenvalue weighted by Gasteiger charge is 2.68. The highest BCUT2D eigenvalue weighted by molar-refractivity contribution is 5.69. The Morgan fingerprint density at radius 1 is 1.42 bits per heavy atom. The van der Waals surface area contributed by atoms with Crippen LogP contribution in [0.4, 0.5) is 10.5 Å². The number of allylic oxidation sites excluding steroid dienone is 1. The minimum absolute atomic E-state index is 0.0858. The molecule has 1 saturated heterocycles. The molecule has 0 spiro atoms. The van der Waals surface area contributed by atoms with Gasteiger partial charge in [0.25, 0.3) is 5.69 Å². The number of fused-ring (bicyclic) bond motifs is 1. The van der Waals surface area contributed by atoms with Gasteiger partial charge in [0.2, 0.25) is 0 Å². The van der Waals surface area contributed by atoms with Crippen LogP contribution >= 0.6 is 0 Å². The van der Waals surface area contributed by atoms with E-state index in [-0.39, 0.29) is 34.0 Å². The second kappa shape index (κ2) is 5.33. The van der Waals surface area contributed by atoms with E-state index in [9.17, 15) is 14.9 Å². The van der Waals surface area contributed by atoms with Gasteiger partial charge in [-0.15, -0.1) is 6.58 Å². The third-order valence-electron chi connectivity index (χ3n) is 4.98. The lowest BCUT2D eigenvalue weighted by atomic mass is 9.90. The number of rotatable bonds is 3. The minimum Gasteiger partial charge on any atom is -0.444 e. The van der Waals surface area contributed by atoms with Crippen molar-refractivity contribution in [2.24, 2.45) is 11.8 Å². The van der Waals surface area contributed by atoms with E-state index in [2.05, 4.69) is 6.58 Å². The van der Waals surface area contributed by atoms with E-state index < -0.39 is 5.60 Å². The van der Waals surface area contributed by atoms with E-state index in [1.54, 1.807) is 17.0 Å². The van der Waals surface area contributed by atoms with Gasteiger partial charge in [-0.2, -0.15) is 0 Å². The SMILES string of the molecule is C=CC1(c2cccc([N+](=O)[O-])c2)[C@@H]2CN(C(=O)OC(C)(C)C)C[C@@H]21. The maximum atomic E-state index is 12.2. The van der Waals surface area contributed by atoms with Crippen molar-refractivity contribution < 1.29 is 14.5 Å². The molecule has 6 nitrogen and oxygen atoms in total. The first-order valence-electron chi connectivity index (χ1n) is 8.05. The molecule has 1 saturated carbocycles. The van der Waals surface area contributed by atoms with Gasteiger partial charge in [-0.3, -0.25) is 10.1 Å². The lowest BCUT2D eigenvalue weighted by Gasteiger charge is -2.28. The molecule has 1 amide bonds. The Bertz CT molecular complexity index is 695. The molecule has 3 rings (SSSR count). The molecule has 0 bridgehead atoms. The smallest absolute Gasteiger partial charge is 0.410 e. The van der Waals surface area contributed by atoms with Crippen LogP contribution in [-0.2, 0) is 10.2 Å². The van der Waals surface area contributed by atoms with Crippen molar-refractivity contribution in [1.29, 1.82) is 0 Å². The van der Waals surface area contributed by atoms with Crippen LogP contribution in [0.3, 0.4) is 0 Å². The maximum Gasteiger partial charge on any atom is 0.410 e. The number of ether oxygens (including phenoxy) is 1. The Morgan fingerprint density at radius 2 is 2.04 bits per heavy atom. The van der Waals surface area contributed by atoms with Crippen molar-refractivity contribution in [1.82, 2.24) is 4.90 Å². The van der Waals surface area contributed by atoms with Gasteiger partial charge in [0.1, 0.15) is 5.60 Å². The Balaban J connectivity index is 1.76. The van der Waals surface area contributed by atoms with E-state index in [0.717, 1.165) is 5.56 Å². The van der Waals surface area contributed by atoms with Crippen molar-refractivity contribution in [2.45, 2.75) is 31.8 Å². The molecule has 2 fully saturated rings. The first kappa shape index (κ1) is 16.5. The monoisotopic (exact) mass is 330 g/mol. The highest BCUT2D eigenvalue weighted by Crippen LogP contribution is 2.64. The molecule has 2 aliphatic rings. The van der Waals surface area contributed by atoms with Gasteiger partial charge in [0.15, 0.2) is 0 Å². The van der Waals surface area contributed by atoms with Gasteiger partial charge in [-0.25, -0.2) is 4.79 Å². The summed E-state index contributed by atoms with van der Waals surface area (Å²) >= 11 is 0. The summed E-state index contributed by atoms with van der Waals surface area (Å²) in [6.07, 6.45) is 1.58. The van der Waals surface area contributed by atoms with Crippen LogP contribution in [0.15, 0.2) is 36.9 Å². The molecule has 0 aromatic heterocycles. The fourth-order valence-electron chi connectivity index (χ4n) is 3.88. The standard InChI is InChI=1S/C18H22N2O4/c1-5-18(12-7-6-8-13(9-12)20(22)23)14-10-19(11-15(14)18)16(21)24-17(2,3)4/h5-9,14-15H,1,10-11H2,2-4H3/t14-,15+,18?. The first-order chi connectivity index (χ1) is 11.2. The normalized spacial score (nSPS) is 28.2. The summed E-state index contributed by atoms with van der Waals surface area (Å²) in [5, 5.41) is 11.0. The number of amides is 1. The average molecular weight is 330 g/mol. The third kappa shape index (κ3) is 2.56. The summed E-state index contributed by atoms with van der Waals surface area (Å²) in [6.45, 7) is 10.7. The summed E-state index contributed by atoms with van der Waals surface area (Å²) in [5.41, 5.74) is 0.206. The molecular formula is C18H22N2O4. The van der Waals surface area contributed by atoms with Crippen LogP contribution in [0, 0.1) is 22.0 Å². The number of benzene rings is 1. The van der Waals surface area contributed by atoms with Crippen molar-refractivity contribution in [3.05, 3.63) is 52.6 Å². The quantitative estimate of drug-likeness (QED) is 0.483. The fraction of sp³-hybridized carbons (Fsp3) is 0.500. The largest absolute Gasteiger partial charge is 0.444 e. The van der Waals surface area contributed by atoms with E-state index in [4.69, 9.17) is 4.74 Å². The fourth-order valence-corrected chi connectivity index (χ4v) is 3.88. The van der Waals surface area contributed by atoms with Crippen LogP contribution < -0.4 is 0 Å². The number of piperidine rings is 1. The van der Waals surface area contributed by atoms with Gasteiger partial charge in [0.05, 0.1) is 4.92 Å². The van der Waals surface area contributed by atoms with Crippen molar-refractivity contribution in [2.75, 3.05) is 13.1 Å². The van der Waals surface area contributed by atoms with Crippen molar-refractivity contribution in [3.63, 3.8) is 0 Å². The van der Waals surface area contributed by atoms with Gasteiger partial charge < -0.3 is 9.64 Å². The summed E-state index contributed by atoms with van der Waals surface area (Å²) in [7, 11) is 0. The van der Waals surface area contributed by atoms with Crippen LogP contribution in [0.25, 0.3) is 0 Å². The molecule has 0 radical (unpaired) electrons. The third-order valence-corrected chi connectivity index (χ3v) is 4.98. The van der Waals surface area contributed by atoms with E-state index >= 15 is 0 Å². The molecule has 24 heavy (non-hydrogen) atoms.